The number of Topliss-reactive ketones (excluding diaryl/α,β-unsaturated/α-hetero) is 1. The summed E-state index contributed by atoms with van der Waals surface area (Å²) in [7, 11) is 0. The number of ketones is 1. The Hall–Kier alpha value is -1.63. The first-order valence-electron chi connectivity index (χ1n) is 8.19. The monoisotopic (exact) mass is 294 g/mol. The van der Waals surface area contributed by atoms with Crippen LogP contribution in [0.25, 0.3) is 0 Å². The van der Waals surface area contributed by atoms with Gasteiger partial charge in [-0.3, -0.25) is 4.79 Å². The standard InChI is InChI=1S/C21H26O/c1-9-11(3)15(7)19-17(13(9)5)18-14(6)10(2)12(4)16(8)20(18)21(19)22/h17,19H,1-8H3. The van der Waals surface area contributed by atoms with E-state index in [1.807, 2.05) is 0 Å². The van der Waals surface area contributed by atoms with Crippen molar-refractivity contribution in [3.05, 3.63) is 55.7 Å². The predicted octanol–water partition coefficient (Wildman–Crippen LogP) is 5.50. The highest BCUT2D eigenvalue weighted by Gasteiger charge is 2.46. The highest BCUT2D eigenvalue weighted by molar-refractivity contribution is 6.08. The van der Waals surface area contributed by atoms with Crippen molar-refractivity contribution in [1.82, 2.24) is 0 Å². The predicted molar refractivity (Wildman–Crippen MR) is 92.7 cm³/mol. The molecule has 2 aliphatic rings. The maximum absolute atomic E-state index is 13.2. The fourth-order valence-electron chi connectivity index (χ4n) is 4.49. The molecule has 22 heavy (non-hydrogen) atoms. The van der Waals surface area contributed by atoms with E-state index in [0.717, 1.165) is 5.56 Å². The van der Waals surface area contributed by atoms with E-state index in [4.69, 9.17) is 0 Å². The van der Waals surface area contributed by atoms with E-state index in [1.165, 1.54) is 50.1 Å². The average molecular weight is 294 g/mol. The second kappa shape index (κ2) is 4.68. The molecule has 0 aromatic heterocycles. The number of benzene rings is 1. The second-order valence-corrected chi connectivity index (χ2v) is 7.22. The number of fused-ring (bicyclic) bond motifs is 3. The van der Waals surface area contributed by atoms with Gasteiger partial charge in [0.05, 0.1) is 5.92 Å². The highest BCUT2D eigenvalue weighted by Crippen LogP contribution is 2.53. The third-order valence-corrected chi connectivity index (χ3v) is 6.59. The molecule has 0 bridgehead atoms. The fourth-order valence-corrected chi connectivity index (χ4v) is 4.49. The zero-order valence-electron chi connectivity index (χ0n) is 15.1. The molecule has 1 aromatic rings. The van der Waals surface area contributed by atoms with E-state index in [9.17, 15) is 4.79 Å². The van der Waals surface area contributed by atoms with Crippen LogP contribution in [0, 0.1) is 33.6 Å². The lowest BCUT2D eigenvalue weighted by Crippen LogP contribution is -2.22. The first-order chi connectivity index (χ1) is 10.2. The number of carbonyl (C=O) groups is 1. The van der Waals surface area contributed by atoms with Gasteiger partial charge in [-0.1, -0.05) is 11.1 Å². The van der Waals surface area contributed by atoms with Crippen LogP contribution in [0.2, 0.25) is 0 Å². The quantitative estimate of drug-likeness (QED) is 0.617. The summed E-state index contributed by atoms with van der Waals surface area (Å²) in [5.74, 6) is 0.619. The van der Waals surface area contributed by atoms with E-state index < -0.39 is 0 Å². The number of hydrogen-bond acceptors (Lipinski definition) is 1. The van der Waals surface area contributed by atoms with Crippen LogP contribution in [0.3, 0.4) is 0 Å². The summed E-state index contributed by atoms with van der Waals surface area (Å²) in [5, 5.41) is 0. The molecular formula is C21H26O. The van der Waals surface area contributed by atoms with E-state index in [-0.39, 0.29) is 11.8 Å². The lowest BCUT2D eigenvalue weighted by atomic mass is 9.72. The van der Waals surface area contributed by atoms with Crippen molar-refractivity contribution in [2.24, 2.45) is 5.92 Å². The number of hydrogen-bond donors (Lipinski definition) is 0. The lowest BCUT2D eigenvalue weighted by molar-refractivity contribution is 0.0946. The van der Waals surface area contributed by atoms with Crippen molar-refractivity contribution in [2.45, 2.75) is 61.3 Å². The average Bonchev–Trinajstić information content (AvgIpc) is 2.80. The van der Waals surface area contributed by atoms with Gasteiger partial charge in [0, 0.05) is 11.5 Å². The molecule has 1 nitrogen and oxygen atoms in total. The topological polar surface area (TPSA) is 17.1 Å². The van der Waals surface area contributed by atoms with E-state index >= 15 is 0 Å². The molecule has 0 N–H and O–H groups in total. The van der Waals surface area contributed by atoms with Gasteiger partial charge in [-0.05, 0) is 94.4 Å². The zero-order valence-corrected chi connectivity index (χ0v) is 15.1. The Morgan fingerprint density at radius 2 is 1.05 bits per heavy atom. The third-order valence-electron chi connectivity index (χ3n) is 6.59. The Bertz CT molecular complexity index is 787. The van der Waals surface area contributed by atoms with Crippen LogP contribution in [-0.4, -0.2) is 5.78 Å². The summed E-state index contributed by atoms with van der Waals surface area (Å²) in [6.45, 7) is 17.4. The van der Waals surface area contributed by atoms with Crippen molar-refractivity contribution >= 4 is 5.78 Å². The molecule has 1 aromatic carbocycles. The first-order valence-corrected chi connectivity index (χ1v) is 8.19. The van der Waals surface area contributed by atoms with Crippen molar-refractivity contribution in [3.63, 3.8) is 0 Å². The fraction of sp³-hybridized carbons (Fsp3) is 0.476. The largest absolute Gasteiger partial charge is 0.293 e. The minimum absolute atomic E-state index is 0.0253. The van der Waals surface area contributed by atoms with Gasteiger partial charge in [0.1, 0.15) is 0 Å². The van der Waals surface area contributed by atoms with Crippen molar-refractivity contribution < 1.29 is 4.79 Å². The van der Waals surface area contributed by atoms with Gasteiger partial charge in [-0.15, -0.1) is 0 Å². The normalized spacial score (nSPS) is 24.1. The van der Waals surface area contributed by atoms with Crippen LogP contribution < -0.4 is 0 Å². The van der Waals surface area contributed by atoms with Crippen LogP contribution in [0.15, 0.2) is 22.3 Å². The molecule has 3 rings (SSSR count). The molecular weight excluding hydrogens is 268 g/mol. The van der Waals surface area contributed by atoms with Gasteiger partial charge in [0.15, 0.2) is 5.78 Å². The van der Waals surface area contributed by atoms with E-state index in [1.54, 1.807) is 0 Å². The summed E-state index contributed by atoms with van der Waals surface area (Å²) in [6.07, 6.45) is 0. The number of carbonyl (C=O) groups excluding carboxylic acids is 1. The Kier molecular flexibility index (Phi) is 3.25. The van der Waals surface area contributed by atoms with Gasteiger partial charge < -0.3 is 0 Å². The first kappa shape index (κ1) is 15.3. The van der Waals surface area contributed by atoms with Crippen molar-refractivity contribution in [1.29, 1.82) is 0 Å². The van der Waals surface area contributed by atoms with Gasteiger partial charge in [0.2, 0.25) is 0 Å². The zero-order chi connectivity index (χ0) is 16.5. The van der Waals surface area contributed by atoms with Crippen molar-refractivity contribution in [2.75, 3.05) is 0 Å². The summed E-state index contributed by atoms with van der Waals surface area (Å²) in [5.41, 5.74) is 12.8. The minimum atomic E-state index is 0.0253. The molecule has 2 unspecified atom stereocenters. The van der Waals surface area contributed by atoms with E-state index in [2.05, 4.69) is 55.4 Å². The lowest BCUT2D eigenvalue weighted by Gasteiger charge is -2.31. The van der Waals surface area contributed by atoms with Crippen LogP contribution in [0.4, 0.5) is 0 Å². The SMILES string of the molecule is CC1=C(C)C2C(=O)c3c(C)c(C)c(C)c(C)c3C2C(C)=C1C. The molecule has 1 heteroatoms. The Balaban J connectivity index is 2.42. The summed E-state index contributed by atoms with van der Waals surface area (Å²) in [4.78, 5) is 13.2. The molecule has 0 saturated heterocycles. The smallest absolute Gasteiger partial charge is 0.171 e. The van der Waals surface area contributed by atoms with Gasteiger partial charge in [-0.2, -0.15) is 0 Å². The molecule has 116 valence electrons. The molecule has 0 aliphatic heterocycles. The van der Waals surface area contributed by atoms with Gasteiger partial charge in [0.25, 0.3) is 0 Å². The van der Waals surface area contributed by atoms with Crippen LogP contribution in [-0.2, 0) is 0 Å². The maximum atomic E-state index is 13.2. The number of rotatable bonds is 0. The van der Waals surface area contributed by atoms with Gasteiger partial charge in [-0.25, -0.2) is 0 Å². The third kappa shape index (κ3) is 1.63. The molecule has 0 heterocycles. The van der Waals surface area contributed by atoms with Crippen LogP contribution >= 0.6 is 0 Å². The minimum Gasteiger partial charge on any atom is -0.293 e. The van der Waals surface area contributed by atoms with Crippen LogP contribution in [0.5, 0.6) is 0 Å². The summed E-state index contributed by atoms with van der Waals surface area (Å²) in [6, 6.07) is 0. The molecule has 0 fully saturated rings. The Morgan fingerprint density at radius 1 is 0.591 bits per heavy atom. The highest BCUT2D eigenvalue weighted by atomic mass is 16.1. The molecule has 2 aliphatic carbocycles. The molecule has 2 atom stereocenters. The molecule has 0 spiro atoms. The van der Waals surface area contributed by atoms with Crippen LogP contribution in [0.1, 0.15) is 71.8 Å². The second-order valence-electron chi connectivity index (χ2n) is 7.22. The Labute approximate surface area is 134 Å². The molecule has 0 amide bonds. The Morgan fingerprint density at radius 3 is 1.59 bits per heavy atom. The van der Waals surface area contributed by atoms with Crippen molar-refractivity contribution in [3.8, 4) is 0 Å². The summed E-state index contributed by atoms with van der Waals surface area (Å²) < 4.78 is 0. The maximum Gasteiger partial charge on any atom is 0.171 e. The van der Waals surface area contributed by atoms with Gasteiger partial charge >= 0.3 is 0 Å². The number of allylic oxidation sites excluding steroid dienone is 4. The van der Waals surface area contributed by atoms with E-state index in [0.29, 0.717) is 5.78 Å². The molecule has 0 saturated carbocycles. The molecule has 0 radical (unpaired) electrons. The summed E-state index contributed by atoms with van der Waals surface area (Å²) >= 11 is 0.